The Kier molecular flexibility index (Phi) is 5.42. The first-order chi connectivity index (χ1) is 14.1. The number of carbonyl (C=O) groups is 2. The molecule has 148 valence electrons. The van der Waals surface area contributed by atoms with Gasteiger partial charge in [0.05, 0.1) is 5.56 Å². The minimum atomic E-state index is -0.294. The van der Waals surface area contributed by atoms with Crippen molar-refractivity contribution >= 4 is 17.5 Å². The number of aromatic amines is 1. The molecule has 0 atom stereocenters. The number of aromatic nitrogens is 1. The largest absolute Gasteiger partial charge is 0.367 e. The molecule has 3 aromatic rings. The predicted octanol–water partition coefficient (Wildman–Crippen LogP) is 4.31. The van der Waals surface area contributed by atoms with E-state index >= 15 is 0 Å². The number of carbonyl (C=O) groups excluding carboxylic acids is 2. The molecule has 1 saturated heterocycles. The van der Waals surface area contributed by atoms with Gasteiger partial charge in [-0.05, 0) is 54.3 Å². The zero-order valence-electron chi connectivity index (χ0n) is 15.9. The number of hydrogen-bond donors (Lipinski definition) is 2. The molecule has 2 amide bonds. The number of rotatable bonds is 4. The van der Waals surface area contributed by atoms with Crippen molar-refractivity contribution in [1.82, 2.24) is 9.88 Å². The average molecular weight is 391 g/mol. The van der Waals surface area contributed by atoms with Crippen LogP contribution in [0, 0.1) is 11.7 Å². The second kappa shape index (κ2) is 8.31. The third kappa shape index (κ3) is 4.37. The molecule has 0 unspecified atom stereocenters. The lowest BCUT2D eigenvalue weighted by atomic mass is 9.95. The minimum absolute atomic E-state index is 0.00657. The van der Waals surface area contributed by atoms with Crippen LogP contribution in [0.5, 0.6) is 0 Å². The number of halogens is 1. The molecule has 2 aromatic carbocycles. The van der Waals surface area contributed by atoms with Gasteiger partial charge in [-0.1, -0.05) is 24.3 Å². The van der Waals surface area contributed by atoms with Crippen molar-refractivity contribution < 1.29 is 14.0 Å². The van der Waals surface area contributed by atoms with E-state index < -0.39 is 0 Å². The van der Waals surface area contributed by atoms with Crippen LogP contribution >= 0.6 is 0 Å². The van der Waals surface area contributed by atoms with E-state index in [1.165, 1.54) is 12.1 Å². The van der Waals surface area contributed by atoms with E-state index in [4.69, 9.17) is 0 Å². The van der Waals surface area contributed by atoms with Gasteiger partial charge in [0.25, 0.3) is 5.91 Å². The molecule has 0 aliphatic carbocycles. The van der Waals surface area contributed by atoms with Gasteiger partial charge >= 0.3 is 0 Å². The van der Waals surface area contributed by atoms with E-state index in [9.17, 15) is 14.0 Å². The van der Waals surface area contributed by atoms with Gasteiger partial charge in [-0.25, -0.2) is 4.39 Å². The Hall–Kier alpha value is -3.41. The Morgan fingerprint density at radius 2 is 1.72 bits per heavy atom. The van der Waals surface area contributed by atoms with Crippen LogP contribution in [0.4, 0.5) is 10.1 Å². The molecule has 1 fully saturated rings. The molecule has 4 rings (SSSR count). The van der Waals surface area contributed by atoms with Crippen LogP contribution in [-0.4, -0.2) is 34.8 Å². The standard InChI is InChI=1S/C23H22FN3O2/c24-20-5-1-3-17(13-20)18-4-2-6-21(14-18)26-22(28)16-8-11-27(12-9-16)23(29)19-7-10-25-15-19/h1-7,10,13-16,25H,8-9,11-12H2,(H,26,28). The van der Waals surface area contributed by atoms with Crippen LogP contribution in [-0.2, 0) is 4.79 Å². The van der Waals surface area contributed by atoms with Crippen molar-refractivity contribution in [3.8, 4) is 11.1 Å². The maximum Gasteiger partial charge on any atom is 0.255 e. The van der Waals surface area contributed by atoms with Gasteiger partial charge in [-0.3, -0.25) is 9.59 Å². The summed E-state index contributed by atoms with van der Waals surface area (Å²) in [6.45, 7) is 1.12. The summed E-state index contributed by atoms with van der Waals surface area (Å²) in [4.78, 5) is 29.8. The number of likely N-dealkylation sites (tertiary alicyclic amines) is 1. The van der Waals surface area contributed by atoms with E-state index in [0.717, 1.165) is 11.1 Å². The number of piperidine rings is 1. The van der Waals surface area contributed by atoms with Crippen LogP contribution in [0.2, 0.25) is 0 Å². The number of nitrogens with one attached hydrogen (secondary N) is 2. The van der Waals surface area contributed by atoms with Crippen LogP contribution in [0.15, 0.2) is 67.0 Å². The fourth-order valence-corrected chi connectivity index (χ4v) is 3.67. The first kappa shape index (κ1) is 18.9. The van der Waals surface area contributed by atoms with Crippen LogP contribution in [0.1, 0.15) is 23.2 Å². The van der Waals surface area contributed by atoms with Gasteiger partial charge in [-0.2, -0.15) is 0 Å². The van der Waals surface area contributed by atoms with Gasteiger partial charge in [-0.15, -0.1) is 0 Å². The number of nitrogens with zero attached hydrogens (tertiary/aromatic N) is 1. The van der Waals surface area contributed by atoms with E-state index in [1.54, 1.807) is 29.4 Å². The minimum Gasteiger partial charge on any atom is -0.367 e. The molecule has 5 nitrogen and oxygen atoms in total. The summed E-state index contributed by atoms with van der Waals surface area (Å²) in [7, 11) is 0. The zero-order chi connectivity index (χ0) is 20.2. The van der Waals surface area contributed by atoms with Crippen molar-refractivity contribution in [3.63, 3.8) is 0 Å². The molecular weight excluding hydrogens is 369 g/mol. The number of anilines is 1. The Labute approximate surface area is 168 Å². The fraction of sp³-hybridized carbons (Fsp3) is 0.217. The van der Waals surface area contributed by atoms with E-state index in [2.05, 4.69) is 10.3 Å². The summed E-state index contributed by atoms with van der Waals surface area (Å²) in [6.07, 6.45) is 4.68. The lowest BCUT2D eigenvalue weighted by Gasteiger charge is -2.31. The zero-order valence-corrected chi connectivity index (χ0v) is 15.9. The van der Waals surface area contributed by atoms with E-state index in [1.807, 2.05) is 30.3 Å². The summed E-state index contributed by atoms with van der Waals surface area (Å²) in [5.74, 6) is -0.482. The fourth-order valence-electron chi connectivity index (χ4n) is 3.67. The summed E-state index contributed by atoms with van der Waals surface area (Å²) >= 11 is 0. The molecular formula is C23H22FN3O2. The normalized spacial score (nSPS) is 14.6. The van der Waals surface area contributed by atoms with Crippen molar-refractivity contribution in [2.24, 2.45) is 5.92 Å². The molecule has 6 heteroatoms. The lowest BCUT2D eigenvalue weighted by molar-refractivity contribution is -0.121. The number of benzene rings is 2. The molecule has 0 bridgehead atoms. The van der Waals surface area contributed by atoms with E-state index in [0.29, 0.717) is 37.2 Å². The third-order valence-electron chi connectivity index (χ3n) is 5.29. The molecule has 1 aliphatic rings. The number of hydrogen-bond acceptors (Lipinski definition) is 2. The molecule has 29 heavy (non-hydrogen) atoms. The highest BCUT2D eigenvalue weighted by Gasteiger charge is 2.28. The van der Waals surface area contributed by atoms with Crippen molar-refractivity contribution in [2.45, 2.75) is 12.8 Å². The predicted molar refractivity (Wildman–Crippen MR) is 110 cm³/mol. The second-order valence-electron chi connectivity index (χ2n) is 7.25. The highest BCUT2D eigenvalue weighted by molar-refractivity contribution is 5.95. The van der Waals surface area contributed by atoms with Crippen molar-refractivity contribution in [3.05, 3.63) is 78.4 Å². The van der Waals surface area contributed by atoms with Crippen LogP contribution in [0.3, 0.4) is 0 Å². The molecule has 1 aliphatic heterocycles. The Morgan fingerprint density at radius 1 is 1.00 bits per heavy atom. The molecule has 0 radical (unpaired) electrons. The highest BCUT2D eigenvalue weighted by atomic mass is 19.1. The molecule has 1 aromatic heterocycles. The van der Waals surface area contributed by atoms with Gasteiger partial charge in [0, 0.05) is 37.1 Å². The van der Waals surface area contributed by atoms with Crippen molar-refractivity contribution in [2.75, 3.05) is 18.4 Å². The average Bonchev–Trinajstić information content (AvgIpc) is 3.28. The molecule has 2 N–H and O–H groups in total. The maximum absolute atomic E-state index is 13.5. The van der Waals surface area contributed by atoms with Crippen molar-refractivity contribution in [1.29, 1.82) is 0 Å². The van der Waals surface area contributed by atoms with Gasteiger partial charge in [0.15, 0.2) is 0 Å². The van der Waals surface area contributed by atoms with Gasteiger partial charge in [0.1, 0.15) is 5.82 Å². The Balaban J connectivity index is 1.37. The smallest absolute Gasteiger partial charge is 0.255 e. The summed E-state index contributed by atoms with van der Waals surface area (Å²) in [5, 5.41) is 2.97. The number of amides is 2. The Morgan fingerprint density at radius 3 is 2.41 bits per heavy atom. The first-order valence-corrected chi connectivity index (χ1v) is 9.69. The third-order valence-corrected chi connectivity index (χ3v) is 5.29. The first-order valence-electron chi connectivity index (χ1n) is 9.69. The topological polar surface area (TPSA) is 65.2 Å². The molecule has 0 saturated carbocycles. The highest BCUT2D eigenvalue weighted by Crippen LogP contribution is 2.25. The second-order valence-corrected chi connectivity index (χ2v) is 7.25. The van der Waals surface area contributed by atoms with E-state index in [-0.39, 0.29) is 23.5 Å². The van der Waals surface area contributed by atoms with Gasteiger partial charge < -0.3 is 15.2 Å². The van der Waals surface area contributed by atoms with Crippen LogP contribution in [0.25, 0.3) is 11.1 Å². The monoisotopic (exact) mass is 391 g/mol. The number of H-pyrrole nitrogens is 1. The molecule has 2 heterocycles. The summed E-state index contributed by atoms with van der Waals surface area (Å²) < 4.78 is 13.5. The quantitative estimate of drug-likeness (QED) is 0.696. The molecule has 0 spiro atoms. The van der Waals surface area contributed by atoms with Gasteiger partial charge in [0.2, 0.25) is 5.91 Å². The lowest BCUT2D eigenvalue weighted by Crippen LogP contribution is -2.41. The SMILES string of the molecule is O=C(Nc1cccc(-c2cccc(F)c2)c1)C1CCN(C(=O)c2cc[nH]c2)CC1. The summed E-state index contributed by atoms with van der Waals surface area (Å²) in [6, 6.07) is 15.5. The maximum atomic E-state index is 13.5. The van der Waals surface area contributed by atoms with Crippen LogP contribution < -0.4 is 5.32 Å². The summed E-state index contributed by atoms with van der Waals surface area (Å²) in [5.41, 5.74) is 2.93. The Bertz CT molecular complexity index is 1010.